The maximum atomic E-state index is 12.8. The third-order valence-electron chi connectivity index (χ3n) is 5.84. The second-order valence-electron chi connectivity index (χ2n) is 8.78. The van der Waals surface area contributed by atoms with Gasteiger partial charge in [-0.3, -0.25) is 4.79 Å². The molecule has 34 heavy (non-hydrogen) atoms. The molecule has 1 amide bonds. The number of nitrogens with zero attached hydrogens (tertiary/aromatic N) is 5. The Morgan fingerprint density at radius 2 is 1.85 bits per heavy atom. The van der Waals surface area contributed by atoms with E-state index in [0.717, 1.165) is 28.1 Å². The fourth-order valence-corrected chi connectivity index (χ4v) is 4.33. The Labute approximate surface area is 198 Å². The highest BCUT2D eigenvalue weighted by molar-refractivity contribution is 5.95. The molecule has 0 saturated heterocycles. The number of carbonyl (C=O) groups excluding carboxylic acids is 1. The number of ether oxygens (including phenoxy) is 1. The molecule has 3 heterocycles. The van der Waals surface area contributed by atoms with Gasteiger partial charge in [-0.25, -0.2) is 4.98 Å². The minimum atomic E-state index is -0.194. The van der Waals surface area contributed by atoms with Gasteiger partial charge >= 0.3 is 0 Å². The van der Waals surface area contributed by atoms with Crippen molar-refractivity contribution >= 4 is 11.7 Å². The summed E-state index contributed by atoms with van der Waals surface area (Å²) in [6.07, 6.45) is 1.95. The summed E-state index contributed by atoms with van der Waals surface area (Å²) in [5.74, 6) is 1.35. The number of benzene rings is 2. The standard InChI is InChI=1S/C26H26N6O2/c1-15(2)34-22-8-6-5-7-19(22)20-13-23(33)29-25-24(20)17(4)31-32(25)26-28-21(14-27-30-26)18-11-9-16(3)10-12-18/h5-12,14-15,20H,13H2,1-4H3,(H,29,33)/t20-/m0/s1. The number of para-hydroxylation sites is 1. The number of nitrogens with one attached hydrogen (secondary N) is 1. The molecule has 5 rings (SSSR count). The van der Waals surface area contributed by atoms with E-state index < -0.39 is 0 Å². The van der Waals surface area contributed by atoms with E-state index in [-0.39, 0.29) is 17.9 Å². The molecule has 8 nitrogen and oxygen atoms in total. The zero-order chi connectivity index (χ0) is 23.8. The van der Waals surface area contributed by atoms with Gasteiger partial charge in [0.1, 0.15) is 11.6 Å². The van der Waals surface area contributed by atoms with Crippen molar-refractivity contribution in [3.8, 4) is 23.0 Å². The van der Waals surface area contributed by atoms with Gasteiger partial charge in [-0.2, -0.15) is 14.9 Å². The number of hydrogen-bond donors (Lipinski definition) is 1. The molecular weight excluding hydrogens is 428 g/mol. The lowest BCUT2D eigenvalue weighted by atomic mass is 9.85. The van der Waals surface area contributed by atoms with Crippen molar-refractivity contribution < 1.29 is 9.53 Å². The summed E-state index contributed by atoms with van der Waals surface area (Å²) in [4.78, 5) is 17.5. The smallest absolute Gasteiger partial charge is 0.272 e. The monoisotopic (exact) mass is 454 g/mol. The van der Waals surface area contributed by atoms with Gasteiger partial charge in [-0.1, -0.05) is 48.0 Å². The van der Waals surface area contributed by atoms with Crippen LogP contribution < -0.4 is 10.1 Å². The number of anilines is 1. The highest BCUT2D eigenvalue weighted by Crippen LogP contribution is 2.43. The van der Waals surface area contributed by atoms with Gasteiger partial charge < -0.3 is 10.1 Å². The summed E-state index contributed by atoms with van der Waals surface area (Å²) in [5, 5.41) is 16.1. The number of amides is 1. The predicted molar refractivity (Wildman–Crippen MR) is 129 cm³/mol. The van der Waals surface area contributed by atoms with Crippen molar-refractivity contribution in [3.05, 3.63) is 77.1 Å². The molecule has 172 valence electrons. The minimum absolute atomic E-state index is 0.0193. The number of fused-ring (bicyclic) bond motifs is 1. The highest BCUT2D eigenvalue weighted by Gasteiger charge is 2.34. The van der Waals surface area contributed by atoms with Crippen molar-refractivity contribution in [1.29, 1.82) is 0 Å². The second kappa shape index (κ2) is 8.70. The van der Waals surface area contributed by atoms with Crippen LogP contribution in [0.25, 0.3) is 17.2 Å². The minimum Gasteiger partial charge on any atom is -0.491 e. The molecule has 0 saturated carbocycles. The third kappa shape index (κ3) is 4.03. The maximum Gasteiger partial charge on any atom is 0.272 e. The van der Waals surface area contributed by atoms with Crippen LogP contribution in [0.3, 0.4) is 0 Å². The molecule has 2 aromatic carbocycles. The molecule has 1 aliphatic heterocycles. The first-order chi connectivity index (χ1) is 16.4. The van der Waals surface area contributed by atoms with E-state index in [0.29, 0.717) is 23.9 Å². The Morgan fingerprint density at radius 1 is 1.09 bits per heavy atom. The summed E-state index contributed by atoms with van der Waals surface area (Å²) in [5.41, 5.74) is 5.47. The topological polar surface area (TPSA) is 94.8 Å². The zero-order valence-corrected chi connectivity index (χ0v) is 19.6. The quantitative estimate of drug-likeness (QED) is 0.473. The molecule has 8 heteroatoms. The van der Waals surface area contributed by atoms with E-state index in [4.69, 9.17) is 14.8 Å². The van der Waals surface area contributed by atoms with Crippen LogP contribution >= 0.6 is 0 Å². The van der Waals surface area contributed by atoms with E-state index in [1.165, 1.54) is 5.56 Å². The van der Waals surface area contributed by atoms with Crippen molar-refractivity contribution in [3.63, 3.8) is 0 Å². The Bertz CT molecular complexity index is 1360. The van der Waals surface area contributed by atoms with Crippen molar-refractivity contribution in [2.45, 2.75) is 46.1 Å². The Kier molecular flexibility index (Phi) is 5.57. The van der Waals surface area contributed by atoms with Crippen LogP contribution in [0.4, 0.5) is 5.82 Å². The summed E-state index contributed by atoms with van der Waals surface area (Å²) < 4.78 is 7.63. The maximum absolute atomic E-state index is 12.8. The zero-order valence-electron chi connectivity index (χ0n) is 19.6. The Morgan fingerprint density at radius 3 is 2.62 bits per heavy atom. The average Bonchev–Trinajstić information content (AvgIpc) is 3.15. The van der Waals surface area contributed by atoms with Crippen LogP contribution in [0.1, 0.15) is 48.6 Å². The van der Waals surface area contributed by atoms with E-state index in [9.17, 15) is 4.79 Å². The van der Waals surface area contributed by atoms with Crippen molar-refractivity contribution in [1.82, 2.24) is 25.0 Å². The van der Waals surface area contributed by atoms with E-state index in [2.05, 4.69) is 15.5 Å². The summed E-state index contributed by atoms with van der Waals surface area (Å²) in [6, 6.07) is 15.9. The lowest BCUT2D eigenvalue weighted by Crippen LogP contribution is -2.25. The number of aromatic nitrogens is 5. The first-order valence-electron chi connectivity index (χ1n) is 11.3. The first-order valence-corrected chi connectivity index (χ1v) is 11.3. The van der Waals surface area contributed by atoms with E-state index in [1.807, 2.05) is 76.2 Å². The Balaban J connectivity index is 1.60. The van der Waals surface area contributed by atoms with Gasteiger partial charge in [0.05, 0.1) is 23.7 Å². The van der Waals surface area contributed by atoms with Gasteiger partial charge in [0.2, 0.25) is 5.91 Å². The van der Waals surface area contributed by atoms with Gasteiger partial charge in [0.25, 0.3) is 5.95 Å². The molecule has 0 fully saturated rings. The van der Waals surface area contributed by atoms with Gasteiger partial charge in [-0.05, 0) is 33.8 Å². The third-order valence-corrected chi connectivity index (χ3v) is 5.84. The van der Waals surface area contributed by atoms with Crippen LogP contribution in [0.2, 0.25) is 0 Å². The molecule has 0 spiro atoms. The van der Waals surface area contributed by atoms with E-state index in [1.54, 1.807) is 10.9 Å². The number of rotatable bonds is 5. The fraction of sp³-hybridized carbons (Fsp3) is 0.269. The lowest BCUT2D eigenvalue weighted by molar-refractivity contribution is -0.116. The summed E-state index contributed by atoms with van der Waals surface area (Å²) in [6.45, 7) is 7.95. The molecule has 0 unspecified atom stereocenters. The number of carbonyl (C=O) groups is 1. The molecule has 0 aliphatic carbocycles. The SMILES string of the molecule is Cc1ccc(-c2cnnc(-n3nc(C)c4c3NC(=O)C[C@H]4c3ccccc3OC(C)C)n2)cc1. The molecule has 1 N–H and O–H groups in total. The molecule has 1 aliphatic rings. The molecule has 2 aromatic heterocycles. The molecule has 4 aromatic rings. The number of aryl methyl sites for hydroxylation is 2. The van der Waals surface area contributed by atoms with Crippen LogP contribution in [-0.2, 0) is 4.79 Å². The highest BCUT2D eigenvalue weighted by atomic mass is 16.5. The second-order valence-corrected chi connectivity index (χ2v) is 8.78. The van der Waals surface area contributed by atoms with Crippen LogP contribution in [0, 0.1) is 13.8 Å². The average molecular weight is 455 g/mol. The van der Waals surface area contributed by atoms with Gasteiger partial charge in [-0.15, -0.1) is 5.10 Å². The van der Waals surface area contributed by atoms with Crippen molar-refractivity contribution in [2.24, 2.45) is 0 Å². The Hall–Kier alpha value is -4.07. The largest absolute Gasteiger partial charge is 0.491 e. The summed E-state index contributed by atoms with van der Waals surface area (Å²) >= 11 is 0. The first kappa shape index (κ1) is 21.8. The van der Waals surface area contributed by atoms with Crippen LogP contribution in [-0.4, -0.2) is 37.0 Å². The fourth-order valence-electron chi connectivity index (χ4n) is 4.33. The van der Waals surface area contributed by atoms with Crippen LogP contribution in [0.5, 0.6) is 5.75 Å². The molecule has 1 atom stereocenters. The summed E-state index contributed by atoms with van der Waals surface area (Å²) in [7, 11) is 0. The molecule has 0 radical (unpaired) electrons. The van der Waals surface area contributed by atoms with Gasteiger partial charge in [0.15, 0.2) is 0 Å². The lowest BCUT2D eigenvalue weighted by Gasteiger charge is -2.26. The number of hydrogen-bond acceptors (Lipinski definition) is 6. The van der Waals surface area contributed by atoms with Gasteiger partial charge in [0, 0.05) is 29.0 Å². The van der Waals surface area contributed by atoms with Crippen molar-refractivity contribution in [2.75, 3.05) is 5.32 Å². The predicted octanol–water partition coefficient (Wildman–Crippen LogP) is 4.60. The normalized spacial score (nSPS) is 15.2. The molecular formula is C26H26N6O2. The molecule has 0 bridgehead atoms. The van der Waals surface area contributed by atoms with E-state index >= 15 is 0 Å². The van der Waals surface area contributed by atoms with Crippen LogP contribution in [0.15, 0.2) is 54.7 Å².